The zero-order valence-corrected chi connectivity index (χ0v) is 14.1. The van der Waals surface area contributed by atoms with E-state index in [1.165, 1.54) is 0 Å². The first-order valence-electron chi connectivity index (χ1n) is 7.66. The van der Waals surface area contributed by atoms with Crippen LogP contribution in [0.4, 0.5) is 0 Å². The minimum Gasteiger partial charge on any atom is -0.355 e. The molecular formula is C15H30N4O2. The maximum atomic E-state index is 12.5. The molecule has 1 rings (SSSR count). The summed E-state index contributed by atoms with van der Waals surface area (Å²) in [5.41, 5.74) is -0.992. The van der Waals surface area contributed by atoms with Crippen LogP contribution >= 0.6 is 0 Å². The maximum Gasteiger partial charge on any atom is 0.237 e. The number of amides is 2. The summed E-state index contributed by atoms with van der Waals surface area (Å²) in [5.74, 6) is -0.245. The molecule has 0 aromatic carbocycles. The molecule has 21 heavy (non-hydrogen) atoms. The van der Waals surface area contributed by atoms with Crippen molar-refractivity contribution in [1.82, 2.24) is 20.0 Å². The van der Waals surface area contributed by atoms with Crippen molar-refractivity contribution in [1.29, 1.82) is 0 Å². The van der Waals surface area contributed by atoms with Gasteiger partial charge >= 0.3 is 0 Å². The van der Waals surface area contributed by atoms with Gasteiger partial charge < -0.3 is 20.0 Å². The van der Waals surface area contributed by atoms with E-state index >= 15 is 0 Å². The molecule has 1 aliphatic heterocycles. The lowest BCUT2D eigenvalue weighted by Crippen LogP contribution is -2.54. The smallest absolute Gasteiger partial charge is 0.237 e. The van der Waals surface area contributed by atoms with Crippen molar-refractivity contribution in [2.75, 3.05) is 60.4 Å². The molecule has 0 aromatic heterocycles. The van der Waals surface area contributed by atoms with Crippen LogP contribution < -0.4 is 5.32 Å². The molecule has 1 heterocycles. The topological polar surface area (TPSA) is 55.9 Å². The first-order chi connectivity index (χ1) is 9.75. The molecule has 0 aromatic rings. The van der Waals surface area contributed by atoms with E-state index in [0.717, 1.165) is 26.1 Å². The molecule has 0 atom stereocenters. The van der Waals surface area contributed by atoms with E-state index in [0.29, 0.717) is 19.6 Å². The van der Waals surface area contributed by atoms with E-state index < -0.39 is 5.41 Å². The summed E-state index contributed by atoms with van der Waals surface area (Å²) in [5, 5.41) is 2.88. The number of likely N-dealkylation sites (N-methyl/N-ethyl adjacent to an activating group) is 1. The van der Waals surface area contributed by atoms with E-state index in [1.54, 1.807) is 18.7 Å². The van der Waals surface area contributed by atoms with Gasteiger partial charge in [0.2, 0.25) is 11.8 Å². The van der Waals surface area contributed by atoms with Crippen molar-refractivity contribution < 1.29 is 9.59 Å². The zero-order chi connectivity index (χ0) is 16.0. The largest absolute Gasteiger partial charge is 0.355 e. The average Bonchev–Trinajstić information content (AvgIpc) is 2.43. The van der Waals surface area contributed by atoms with E-state index in [-0.39, 0.29) is 11.8 Å². The highest BCUT2D eigenvalue weighted by molar-refractivity contribution is 6.04. The number of hydrogen-bond acceptors (Lipinski definition) is 4. The molecule has 1 N–H and O–H groups in total. The third-order valence-corrected chi connectivity index (χ3v) is 3.96. The highest BCUT2D eigenvalue weighted by Gasteiger charge is 2.39. The Balaban J connectivity index is 2.46. The lowest BCUT2D eigenvalue weighted by Gasteiger charge is -2.36. The molecule has 1 aliphatic rings. The first kappa shape index (κ1) is 17.9. The van der Waals surface area contributed by atoms with Crippen molar-refractivity contribution in [3.8, 4) is 0 Å². The van der Waals surface area contributed by atoms with Crippen LogP contribution in [0.2, 0.25) is 0 Å². The Labute approximate surface area is 128 Å². The van der Waals surface area contributed by atoms with Gasteiger partial charge in [0.1, 0.15) is 5.41 Å². The summed E-state index contributed by atoms with van der Waals surface area (Å²) in [7, 11) is 6.05. The molecule has 0 spiro atoms. The van der Waals surface area contributed by atoms with Gasteiger partial charge in [-0.25, -0.2) is 0 Å². The Hall–Kier alpha value is -1.14. The van der Waals surface area contributed by atoms with Crippen LogP contribution in [0.3, 0.4) is 0 Å². The summed E-state index contributed by atoms with van der Waals surface area (Å²) in [6.45, 7) is 8.10. The summed E-state index contributed by atoms with van der Waals surface area (Å²) in [4.78, 5) is 30.9. The Morgan fingerprint density at radius 1 is 1.14 bits per heavy atom. The number of carbonyl (C=O) groups excluding carboxylic acids is 2. The van der Waals surface area contributed by atoms with Gasteiger partial charge in [0.25, 0.3) is 0 Å². The van der Waals surface area contributed by atoms with Gasteiger partial charge in [-0.2, -0.15) is 0 Å². The second-order valence-electron chi connectivity index (χ2n) is 6.63. The highest BCUT2D eigenvalue weighted by atomic mass is 16.2. The minimum atomic E-state index is -0.992. The summed E-state index contributed by atoms with van der Waals surface area (Å²) >= 11 is 0. The fourth-order valence-electron chi connectivity index (χ4n) is 2.32. The van der Waals surface area contributed by atoms with Crippen LogP contribution in [-0.4, -0.2) is 86.9 Å². The SMILES string of the molecule is CN(C)CCCNC(=O)C(C)(C)C(=O)N1CCN(C)CC1. The van der Waals surface area contributed by atoms with Gasteiger partial charge in [-0.3, -0.25) is 9.59 Å². The van der Waals surface area contributed by atoms with Gasteiger partial charge in [0, 0.05) is 32.7 Å². The van der Waals surface area contributed by atoms with Crippen molar-refractivity contribution >= 4 is 11.8 Å². The Morgan fingerprint density at radius 2 is 1.71 bits per heavy atom. The van der Waals surface area contributed by atoms with Crippen molar-refractivity contribution in [3.05, 3.63) is 0 Å². The molecule has 6 heteroatoms. The molecule has 0 aliphatic carbocycles. The van der Waals surface area contributed by atoms with Gasteiger partial charge in [-0.1, -0.05) is 0 Å². The Bertz CT molecular complexity index is 361. The van der Waals surface area contributed by atoms with Crippen LogP contribution in [0.25, 0.3) is 0 Å². The number of nitrogens with zero attached hydrogens (tertiary/aromatic N) is 3. The lowest BCUT2D eigenvalue weighted by atomic mass is 9.90. The van der Waals surface area contributed by atoms with Gasteiger partial charge in [0.05, 0.1) is 0 Å². The summed E-state index contributed by atoms with van der Waals surface area (Å²) < 4.78 is 0. The maximum absolute atomic E-state index is 12.5. The summed E-state index contributed by atoms with van der Waals surface area (Å²) in [6, 6.07) is 0. The average molecular weight is 298 g/mol. The van der Waals surface area contributed by atoms with Crippen molar-refractivity contribution in [2.45, 2.75) is 20.3 Å². The zero-order valence-electron chi connectivity index (χ0n) is 14.1. The first-order valence-corrected chi connectivity index (χ1v) is 7.66. The molecule has 0 radical (unpaired) electrons. The fraction of sp³-hybridized carbons (Fsp3) is 0.867. The molecule has 0 unspecified atom stereocenters. The number of nitrogens with one attached hydrogen (secondary N) is 1. The van der Waals surface area contributed by atoms with Gasteiger partial charge in [-0.15, -0.1) is 0 Å². The van der Waals surface area contributed by atoms with E-state index in [1.807, 2.05) is 21.1 Å². The monoisotopic (exact) mass is 298 g/mol. The lowest BCUT2D eigenvalue weighted by molar-refractivity contribution is -0.149. The molecule has 0 bridgehead atoms. The summed E-state index contributed by atoms with van der Waals surface area (Å²) in [6.07, 6.45) is 0.886. The number of hydrogen-bond donors (Lipinski definition) is 1. The quantitative estimate of drug-likeness (QED) is 0.547. The van der Waals surface area contributed by atoms with Crippen LogP contribution in [0.1, 0.15) is 20.3 Å². The third kappa shape index (κ3) is 5.28. The molecule has 0 saturated carbocycles. The third-order valence-electron chi connectivity index (χ3n) is 3.96. The number of piperazine rings is 1. The molecule has 6 nitrogen and oxygen atoms in total. The number of rotatable bonds is 6. The van der Waals surface area contributed by atoms with Gasteiger partial charge in [0.15, 0.2) is 0 Å². The van der Waals surface area contributed by atoms with Crippen LogP contribution in [0.15, 0.2) is 0 Å². The molecule has 2 amide bonds. The molecular weight excluding hydrogens is 268 g/mol. The van der Waals surface area contributed by atoms with Crippen molar-refractivity contribution in [2.24, 2.45) is 5.41 Å². The van der Waals surface area contributed by atoms with Crippen molar-refractivity contribution in [3.63, 3.8) is 0 Å². The molecule has 1 fully saturated rings. The second-order valence-corrected chi connectivity index (χ2v) is 6.63. The fourth-order valence-corrected chi connectivity index (χ4v) is 2.32. The second kappa shape index (κ2) is 7.75. The number of carbonyl (C=O) groups is 2. The van der Waals surface area contributed by atoms with E-state index in [4.69, 9.17) is 0 Å². The van der Waals surface area contributed by atoms with Crippen LogP contribution in [0.5, 0.6) is 0 Å². The Kier molecular flexibility index (Phi) is 6.61. The standard InChI is InChI=1S/C15H30N4O2/c1-15(2,13(20)16-7-6-8-17(3)4)14(21)19-11-9-18(5)10-12-19/h6-12H2,1-5H3,(H,16,20). The normalized spacial score (nSPS) is 17.1. The predicted octanol–water partition coefficient (Wildman–Crippen LogP) is -0.145. The van der Waals surface area contributed by atoms with Crippen LogP contribution in [0, 0.1) is 5.41 Å². The van der Waals surface area contributed by atoms with E-state index in [2.05, 4.69) is 15.1 Å². The molecule has 122 valence electrons. The minimum absolute atomic E-state index is 0.0688. The predicted molar refractivity (Wildman–Crippen MR) is 84.0 cm³/mol. The van der Waals surface area contributed by atoms with Crippen LogP contribution in [-0.2, 0) is 9.59 Å². The Morgan fingerprint density at radius 3 is 2.24 bits per heavy atom. The van der Waals surface area contributed by atoms with E-state index in [9.17, 15) is 9.59 Å². The van der Waals surface area contributed by atoms with Gasteiger partial charge in [-0.05, 0) is 48.0 Å². The molecule has 1 saturated heterocycles. The highest BCUT2D eigenvalue weighted by Crippen LogP contribution is 2.20.